The molecule has 1 saturated heterocycles. The number of hydrogen-bond acceptors (Lipinski definition) is 9. The standard InChI is InChI=1S/C30H47N7O5/c1-8-9-10-11-12-13-17-31-23-15-14-21(19-32-23)24-33-25(42-36-24)22-16-18-37(20-22)26(34-27(38)40-29(2,3)4)35-28(39)41-30(5,6)7/h14-15,19,22H,8-13,16-18,20H2,1-7H3,(H,31,32)(H,34,35,38,39)/t22-/m1/s1. The summed E-state index contributed by atoms with van der Waals surface area (Å²) in [6, 6.07) is 3.84. The Hall–Kier alpha value is -3.70. The molecule has 2 N–H and O–H groups in total. The molecule has 232 valence electrons. The van der Waals surface area contributed by atoms with E-state index in [0.29, 0.717) is 31.2 Å². The number of aliphatic imine (C=N–C) groups is 1. The van der Waals surface area contributed by atoms with Crippen LogP contribution in [-0.2, 0) is 9.47 Å². The SMILES string of the molecule is CCCCCCCCNc1ccc(-c2noc([C@@H]3CCN(C(=NC(=O)OC(C)(C)C)NC(=O)OC(C)(C)C)C3)n2)cn1. The second-order valence-corrected chi connectivity index (χ2v) is 12.6. The molecule has 1 fully saturated rings. The molecule has 0 saturated carbocycles. The number of hydrogen-bond donors (Lipinski definition) is 2. The maximum Gasteiger partial charge on any atom is 0.437 e. The zero-order chi connectivity index (χ0) is 30.8. The zero-order valence-corrected chi connectivity index (χ0v) is 26.2. The molecular weight excluding hydrogens is 538 g/mol. The number of guanidine groups is 1. The van der Waals surface area contributed by atoms with E-state index in [1.54, 1.807) is 52.6 Å². The van der Waals surface area contributed by atoms with Crippen LogP contribution < -0.4 is 10.6 Å². The lowest BCUT2D eigenvalue weighted by Crippen LogP contribution is -2.45. The molecule has 3 rings (SSSR count). The summed E-state index contributed by atoms with van der Waals surface area (Å²) in [5, 5.41) is 10.1. The first-order valence-corrected chi connectivity index (χ1v) is 14.9. The fourth-order valence-corrected chi connectivity index (χ4v) is 4.37. The van der Waals surface area contributed by atoms with Crippen LogP contribution in [0.15, 0.2) is 27.8 Å². The highest BCUT2D eigenvalue weighted by atomic mass is 16.6. The van der Waals surface area contributed by atoms with Crippen molar-refractivity contribution in [3.63, 3.8) is 0 Å². The van der Waals surface area contributed by atoms with Gasteiger partial charge in [-0.3, -0.25) is 5.32 Å². The lowest BCUT2D eigenvalue weighted by molar-refractivity contribution is 0.0555. The molecule has 12 nitrogen and oxygen atoms in total. The lowest BCUT2D eigenvalue weighted by Gasteiger charge is -2.24. The Labute approximate surface area is 249 Å². The Morgan fingerprint density at radius 1 is 1.05 bits per heavy atom. The van der Waals surface area contributed by atoms with Gasteiger partial charge in [0.15, 0.2) is 0 Å². The van der Waals surface area contributed by atoms with Gasteiger partial charge in [-0.2, -0.15) is 4.98 Å². The van der Waals surface area contributed by atoms with Crippen LogP contribution in [0.5, 0.6) is 0 Å². The number of likely N-dealkylation sites (tertiary alicyclic amines) is 1. The van der Waals surface area contributed by atoms with Crippen LogP contribution in [0.4, 0.5) is 15.4 Å². The largest absolute Gasteiger partial charge is 0.444 e. The topological polar surface area (TPSA) is 144 Å². The summed E-state index contributed by atoms with van der Waals surface area (Å²) in [4.78, 5) is 39.9. The van der Waals surface area contributed by atoms with Gasteiger partial charge in [-0.1, -0.05) is 44.2 Å². The van der Waals surface area contributed by atoms with Gasteiger partial charge >= 0.3 is 12.2 Å². The number of ether oxygens (including phenoxy) is 2. The highest BCUT2D eigenvalue weighted by Gasteiger charge is 2.32. The Bertz CT molecular complexity index is 1180. The molecule has 0 radical (unpaired) electrons. The fraction of sp³-hybridized carbons (Fsp3) is 0.667. The third-order valence-electron chi connectivity index (χ3n) is 6.34. The van der Waals surface area contributed by atoms with Gasteiger partial charge in [0.2, 0.25) is 17.7 Å². The number of amides is 2. The third-order valence-corrected chi connectivity index (χ3v) is 6.34. The number of nitrogens with zero attached hydrogens (tertiary/aromatic N) is 5. The van der Waals surface area contributed by atoms with Crippen LogP contribution in [0, 0.1) is 0 Å². The van der Waals surface area contributed by atoms with E-state index in [1.165, 1.54) is 32.1 Å². The molecule has 0 aliphatic carbocycles. The van der Waals surface area contributed by atoms with Gasteiger partial charge < -0.3 is 24.2 Å². The Morgan fingerprint density at radius 2 is 1.76 bits per heavy atom. The number of pyridine rings is 1. The lowest BCUT2D eigenvalue weighted by atomic mass is 10.1. The van der Waals surface area contributed by atoms with E-state index in [2.05, 4.69) is 37.7 Å². The van der Waals surface area contributed by atoms with E-state index in [0.717, 1.165) is 24.3 Å². The Kier molecular flexibility index (Phi) is 11.7. The molecule has 0 aromatic carbocycles. The summed E-state index contributed by atoms with van der Waals surface area (Å²) >= 11 is 0. The number of unbranched alkanes of at least 4 members (excludes halogenated alkanes) is 5. The Morgan fingerprint density at radius 3 is 2.43 bits per heavy atom. The number of anilines is 1. The molecular formula is C30H47N7O5. The first-order valence-electron chi connectivity index (χ1n) is 14.9. The molecule has 1 aliphatic heterocycles. The first kappa shape index (κ1) is 32.8. The zero-order valence-electron chi connectivity index (χ0n) is 26.2. The van der Waals surface area contributed by atoms with Crippen LogP contribution in [0.2, 0.25) is 0 Å². The average molecular weight is 586 g/mol. The molecule has 3 heterocycles. The summed E-state index contributed by atoms with van der Waals surface area (Å²) in [5.41, 5.74) is -0.697. The van der Waals surface area contributed by atoms with E-state index in [-0.39, 0.29) is 11.9 Å². The molecule has 2 amide bonds. The molecule has 12 heteroatoms. The summed E-state index contributed by atoms with van der Waals surface area (Å²) in [7, 11) is 0. The fourth-order valence-electron chi connectivity index (χ4n) is 4.37. The highest BCUT2D eigenvalue weighted by molar-refractivity contribution is 5.99. The Balaban J connectivity index is 1.60. The second kappa shape index (κ2) is 15.0. The first-order chi connectivity index (χ1) is 19.8. The van der Waals surface area contributed by atoms with Gasteiger partial charge in [-0.25, -0.2) is 14.6 Å². The number of aromatic nitrogens is 3. The predicted molar refractivity (Wildman–Crippen MR) is 161 cm³/mol. The van der Waals surface area contributed by atoms with Gasteiger partial charge in [0.25, 0.3) is 0 Å². The number of nitrogens with one attached hydrogen (secondary N) is 2. The monoisotopic (exact) mass is 585 g/mol. The highest BCUT2D eigenvalue weighted by Crippen LogP contribution is 2.28. The van der Waals surface area contributed by atoms with Crippen LogP contribution in [0.25, 0.3) is 11.4 Å². The van der Waals surface area contributed by atoms with Crippen molar-refractivity contribution in [3.8, 4) is 11.4 Å². The van der Waals surface area contributed by atoms with Crippen LogP contribution in [0.3, 0.4) is 0 Å². The van der Waals surface area contributed by atoms with Crippen molar-refractivity contribution in [2.45, 2.75) is 111 Å². The van der Waals surface area contributed by atoms with E-state index in [1.807, 2.05) is 12.1 Å². The van der Waals surface area contributed by atoms with Crippen LogP contribution in [0.1, 0.15) is 105 Å². The van der Waals surface area contributed by atoms with E-state index < -0.39 is 23.4 Å². The number of alkyl carbamates (subject to hydrolysis) is 1. The molecule has 2 aromatic heterocycles. The minimum absolute atomic E-state index is 0.0500. The van der Waals surface area contributed by atoms with Crippen molar-refractivity contribution >= 4 is 24.0 Å². The molecule has 0 spiro atoms. The maximum absolute atomic E-state index is 12.5. The summed E-state index contributed by atoms with van der Waals surface area (Å²) in [5.74, 6) is 1.66. The van der Waals surface area contributed by atoms with Crippen LogP contribution >= 0.6 is 0 Å². The van der Waals surface area contributed by atoms with Crippen molar-refractivity contribution in [2.75, 3.05) is 25.0 Å². The van der Waals surface area contributed by atoms with E-state index in [9.17, 15) is 9.59 Å². The average Bonchev–Trinajstić information content (AvgIpc) is 3.56. The molecule has 1 aliphatic rings. The minimum Gasteiger partial charge on any atom is -0.444 e. The van der Waals surface area contributed by atoms with Gasteiger partial charge in [0.05, 0.1) is 5.92 Å². The number of carbonyl (C=O) groups excluding carboxylic acids is 2. The summed E-state index contributed by atoms with van der Waals surface area (Å²) in [6.07, 6.45) is 8.35. The minimum atomic E-state index is -0.811. The van der Waals surface area contributed by atoms with Crippen molar-refractivity contribution in [3.05, 3.63) is 24.2 Å². The smallest absolute Gasteiger partial charge is 0.437 e. The quantitative estimate of drug-likeness (QED) is 0.180. The van der Waals surface area contributed by atoms with Gasteiger partial charge in [0.1, 0.15) is 17.0 Å². The van der Waals surface area contributed by atoms with Crippen molar-refractivity contribution < 1.29 is 23.6 Å². The number of rotatable bonds is 10. The van der Waals surface area contributed by atoms with Crippen molar-refractivity contribution in [1.82, 2.24) is 25.3 Å². The molecule has 2 aromatic rings. The predicted octanol–water partition coefficient (Wildman–Crippen LogP) is 6.51. The van der Waals surface area contributed by atoms with E-state index >= 15 is 0 Å². The molecule has 0 bridgehead atoms. The summed E-state index contributed by atoms with van der Waals surface area (Å²) in [6.45, 7) is 14.5. The molecule has 0 unspecified atom stereocenters. The maximum atomic E-state index is 12.5. The van der Waals surface area contributed by atoms with E-state index in [4.69, 9.17) is 14.0 Å². The number of carbonyl (C=O) groups is 2. The van der Waals surface area contributed by atoms with Gasteiger partial charge in [-0.05, 0) is 66.5 Å². The normalized spacial score (nSPS) is 15.9. The second-order valence-electron chi connectivity index (χ2n) is 12.6. The van der Waals surface area contributed by atoms with Crippen molar-refractivity contribution in [2.24, 2.45) is 4.99 Å². The molecule has 1 atom stereocenters. The summed E-state index contributed by atoms with van der Waals surface area (Å²) < 4.78 is 16.3. The van der Waals surface area contributed by atoms with Gasteiger partial charge in [-0.15, -0.1) is 4.99 Å². The molecule has 42 heavy (non-hydrogen) atoms. The third kappa shape index (κ3) is 11.3. The van der Waals surface area contributed by atoms with Crippen LogP contribution in [-0.4, -0.2) is 69.0 Å². The van der Waals surface area contributed by atoms with Crippen molar-refractivity contribution in [1.29, 1.82) is 0 Å². The van der Waals surface area contributed by atoms with Gasteiger partial charge in [0, 0.05) is 31.4 Å².